The molecule has 2 heterocycles. The van der Waals surface area contributed by atoms with Gasteiger partial charge in [-0.15, -0.1) is 0 Å². The van der Waals surface area contributed by atoms with Crippen molar-refractivity contribution in [2.45, 2.75) is 44.8 Å². The molecule has 2 aliphatic rings. The second-order valence-corrected chi connectivity index (χ2v) is 7.91. The van der Waals surface area contributed by atoms with E-state index in [0.717, 1.165) is 62.6 Å². The number of ether oxygens (including phenoxy) is 2. The summed E-state index contributed by atoms with van der Waals surface area (Å²) < 4.78 is 11.8. The van der Waals surface area contributed by atoms with Gasteiger partial charge >= 0.3 is 0 Å². The topological polar surface area (TPSA) is 50.8 Å². The lowest BCUT2D eigenvalue weighted by atomic mass is 9.83. The van der Waals surface area contributed by atoms with Crippen LogP contribution in [0.4, 0.5) is 5.69 Å². The number of nitrogens with one attached hydrogen (secondary N) is 1. The van der Waals surface area contributed by atoms with Crippen molar-refractivity contribution in [2.75, 3.05) is 31.2 Å². The summed E-state index contributed by atoms with van der Waals surface area (Å²) in [4.78, 5) is 15.3. The maximum Gasteiger partial charge on any atom is 0.251 e. The van der Waals surface area contributed by atoms with E-state index in [0.29, 0.717) is 5.56 Å². The van der Waals surface area contributed by atoms with E-state index < -0.39 is 0 Å². The second kappa shape index (κ2) is 8.46. The molecule has 29 heavy (non-hydrogen) atoms. The zero-order valence-electron chi connectivity index (χ0n) is 17.3. The third-order valence-electron chi connectivity index (χ3n) is 6.30. The van der Waals surface area contributed by atoms with E-state index in [9.17, 15) is 4.79 Å². The van der Waals surface area contributed by atoms with Crippen molar-refractivity contribution in [1.29, 1.82) is 0 Å². The lowest BCUT2D eigenvalue weighted by Crippen LogP contribution is -2.44. The molecule has 5 heteroatoms. The van der Waals surface area contributed by atoms with Crippen LogP contribution in [0, 0.1) is 0 Å². The molecule has 0 radical (unpaired) electrons. The zero-order chi connectivity index (χ0) is 20.3. The van der Waals surface area contributed by atoms with Crippen molar-refractivity contribution in [2.24, 2.45) is 0 Å². The van der Waals surface area contributed by atoms with Gasteiger partial charge in [0.2, 0.25) is 0 Å². The number of amides is 1. The lowest BCUT2D eigenvalue weighted by Gasteiger charge is -2.41. The Morgan fingerprint density at radius 1 is 1.07 bits per heavy atom. The lowest BCUT2D eigenvalue weighted by molar-refractivity contribution is 0.0227. The number of hydrogen-bond acceptors (Lipinski definition) is 4. The number of morpholine rings is 1. The van der Waals surface area contributed by atoms with Crippen LogP contribution in [-0.2, 0) is 4.74 Å². The van der Waals surface area contributed by atoms with Gasteiger partial charge in [-0.3, -0.25) is 4.79 Å². The number of benzene rings is 2. The molecule has 0 unspecified atom stereocenters. The predicted molar refractivity (Wildman–Crippen MR) is 115 cm³/mol. The molecule has 0 saturated carbocycles. The summed E-state index contributed by atoms with van der Waals surface area (Å²) in [5, 5.41) is 3.26. The normalized spacial score (nSPS) is 20.5. The fourth-order valence-corrected chi connectivity index (χ4v) is 4.32. The van der Waals surface area contributed by atoms with Crippen molar-refractivity contribution in [3.05, 3.63) is 59.7 Å². The van der Waals surface area contributed by atoms with Gasteiger partial charge in [-0.2, -0.15) is 0 Å². The first-order valence-corrected chi connectivity index (χ1v) is 10.7. The Labute approximate surface area is 173 Å². The number of carbonyl (C=O) groups excluding carboxylic acids is 1. The van der Waals surface area contributed by atoms with E-state index >= 15 is 0 Å². The van der Waals surface area contributed by atoms with E-state index in [1.165, 1.54) is 0 Å². The van der Waals surface area contributed by atoms with Crippen LogP contribution >= 0.6 is 0 Å². The molecule has 1 saturated heterocycles. The van der Waals surface area contributed by atoms with Crippen molar-refractivity contribution < 1.29 is 14.3 Å². The molecular formula is C24H30N2O3. The molecular weight excluding hydrogens is 364 g/mol. The Hall–Kier alpha value is -2.53. The SMILES string of the molecule is CCC1(CC)C[C@@H](NC(=O)c2ccc(N3CCOCC3)cc2)c2ccccc2O1. The van der Waals surface area contributed by atoms with Crippen LogP contribution in [0.15, 0.2) is 48.5 Å². The van der Waals surface area contributed by atoms with E-state index in [4.69, 9.17) is 9.47 Å². The summed E-state index contributed by atoms with van der Waals surface area (Å²) >= 11 is 0. The van der Waals surface area contributed by atoms with Crippen LogP contribution in [0.2, 0.25) is 0 Å². The van der Waals surface area contributed by atoms with Crippen LogP contribution in [0.1, 0.15) is 55.1 Å². The number of rotatable bonds is 5. The maximum absolute atomic E-state index is 13.0. The predicted octanol–water partition coefficient (Wildman–Crippen LogP) is 4.34. The van der Waals surface area contributed by atoms with Crippen molar-refractivity contribution >= 4 is 11.6 Å². The average Bonchev–Trinajstić information content (AvgIpc) is 2.79. The van der Waals surface area contributed by atoms with Gasteiger partial charge in [0.1, 0.15) is 11.4 Å². The zero-order valence-corrected chi connectivity index (χ0v) is 17.3. The molecule has 1 fully saturated rings. The first kappa shape index (κ1) is 19.8. The molecule has 2 aromatic carbocycles. The molecule has 0 bridgehead atoms. The summed E-state index contributed by atoms with van der Waals surface area (Å²) in [6.45, 7) is 7.59. The van der Waals surface area contributed by atoms with E-state index in [1.54, 1.807) is 0 Å². The van der Waals surface area contributed by atoms with Gasteiger partial charge in [-0.1, -0.05) is 32.0 Å². The molecule has 0 aliphatic carbocycles. The Balaban J connectivity index is 1.51. The van der Waals surface area contributed by atoms with Gasteiger partial charge in [0.25, 0.3) is 5.91 Å². The minimum absolute atomic E-state index is 0.0404. The van der Waals surface area contributed by atoms with Gasteiger partial charge < -0.3 is 19.7 Å². The highest BCUT2D eigenvalue weighted by atomic mass is 16.5. The van der Waals surface area contributed by atoms with Crippen LogP contribution in [0.3, 0.4) is 0 Å². The van der Waals surface area contributed by atoms with Crippen LogP contribution < -0.4 is 15.0 Å². The largest absolute Gasteiger partial charge is 0.487 e. The van der Waals surface area contributed by atoms with Gasteiger partial charge in [0.15, 0.2) is 0 Å². The summed E-state index contributed by atoms with van der Waals surface area (Å²) in [5.41, 5.74) is 2.65. The summed E-state index contributed by atoms with van der Waals surface area (Å²) in [7, 11) is 0. The molecule has 5 nitrogen and oxygen atoms in total. The minimum atomic E-state index is -0.230. The Morgan fingerprint density at radius 3 is 2.45 bits per heavy atom. The number of nitrogens with zero attached hydrogens (tertiary/aromatic N) is 1. The van der Waals surface area contributed by atoms with Crippen LogP contribution in [0.5, 0.6) is 5.75 Å². The maximum atomic E-state index is 13.0. The molecule has 4 rings (SSSR count). The summed E-state index contributed by atoms with van der Waals surface area (Å²) in [6.07, 6.45) is 2.62. The minimum Gasteiger partial charge on any atom is -0.487 e. The van der Waals surface area contributed by atoms with Crippen LogP contribution in [-0.4, -0.2) is 37.8 Å². The number of hydrogen-bond donors (Lipinski definition) is 1. The van der Waals surface area contributed by atoms with Crippen LogP contribution in [0.25, 0.3) is 0 Å². The molecule has 2 aliphatic heterocycles. The fraction of sp³-hybridized carbons (Fsp3) is 0.458. The molecule has 0 aromatic heterocycles. The Kier molecular flexibility index (Phi) is 5.76. The summed E-state index contributed by atoms with van der Waals surface area (Å²) in [6, 6.07) is 15.9. The number of fused-ring (bicyclic) bond motifs is 1. The van der Waals surface area contributed by atoms with Gasteiger partial charge in [-0.05, 0) is 43.2 Å². The molecule has 154 valence electrons. The van der Waals surface area contributed by atoms with E-state index in [1.807, 2.05) is 42.5 Å². The van der Waals surface area contributed by atoms with Crippen molar-refractivity contribution in [1.82, 2.24) is 5.32 Å². The third-order valence-corrected chi connectivity index (χ3v) is 6.30. The average molecular weight is 395 g/mol. The van der Waals surface area contributed by atoms with E-state index in [-0.39, 0.29) is 17.6 Å². The van der Waals surface area contributed by atoms with Gasteiger partial charge in [-0.25, -0.2) is 0 Å². The molecule has 1 N–H and O–H groups in total. The molecule has 2 aromatic rings. The highest BCUT2D eigenvalue weighted by Gasteiger charge is 2.39. The smallest absolute Gasteiger partial charge is 0.251 e. The highest BCUT2D eigenvalue weighted by molar-refractivity contribution is 5.94. The Bertz CT molecular complexity index is 839. The number of carbonyl (C=O) groups is 1. The third kappa shape index (κ3) is 4.10. The first-order chi connectivity index (χ1) is 14.1. The van der Waals surface area contributed by atoms with Crippen molar-refractivity contribution in [3.8, 4) is 5.75 Å². The first-order valence-electron chi connectivity index (χ1n) is 10.7. The number of para-hydroxylation sites is 1. The van der Waals surface area contributed by atoms with Gasteiger partial charge in [0, 0.05) is 36.3 Å². The second-order valence-electron chi connectivity index (χ2n) is 7.91. The standard InChI is InChI=1S/C24H30N2O3/c1-3-24(4-2)17-21(20-7-5-6-8-22(20)29-24)25-23(27)18-9-11-19(12-10-18)26-13-15-28-16-14-26/h5-12,21H,3-4,13-17H2,1-2H3,(H,25,27)/t21-/m1/s1. The molecule has 0 spiro atoms. The van der Waals surface area contributed by atoms with E-state index in [2.05, 4.69) is 30.1 Å². The summed E-state index contributed by atoms with van der Waals surface area (Å²) in [5.74, 6) is 0.844. The fourth-order valence-electron chi connectivity index (χ4n) is 4.32. The molecule has 1 amide bonds. The Morgan fingerprint density at radius 2 is 1.76 bits per heavy atom. The number of anilines is 1. The van der Waals surface area contributed by atoms with Gasteiger partial charge in [0.05, 0.1) is 19.3 Å². The highest BCUT2D eigenvalue weighted by Crippen LogP contribution is 2.42. The molecule has 1 atom stereocenters. The quantitative estimate of drug-likeness (QED) is 0.820. The van der Waals surface area contributed by atoms with Crippen molar-refractivity contribution in [3.63, 3.8) is 0 Å². The monoisotopic (exact) mass is 394 g/mol.